The summed E-state index contributed by atoms with van der Waals surface area (Å²) in [6, 6.07) is 3.19. The van der Waals surface area contributed by atoms with E-state index in [9.17, 15) is 9.59 Å². The molecule has 0 aliphatic heterocycles. The van der Waals surface area contributed by atoms with E-state index in [4.69, 9.17) is 11.6 Å². The van der Waals surface area contributed by atoms with Gasteiger partial charge in [-0.2, -0.15) is 4.99 Å². The van der Waals surface area contributed by atoms with E-state index in [0.29, 0.717) is 3.57 Å². The molecule has 0 N–H and O–H groups in total. The molecule has 0 radical (unpaired) electrons. The van der Waals surface area contributed by atoms with E-state index in [1.165, 1.54) is 13.2 Å². The fourth-order valence-corrected chi connectivity index (χ4v) is 1.79. The quantitative estimate of drug-likeness (QED) is 0.361. The number of rotatable bonds is 2. The summed E-state index contributed by atoms with van der Waals surface area (Å²) in [6.07, 6.45) is 1.38. The normalized spacial score (nSPS) is 9.27. The van der Waals surface area contributed by atoms with Gasteiger partial charge < -0.3 is 4.74 Å². The first-order chi connectivity index (χ1) is 7.11. The summed E-state index contributed by atoms with van der Waals surface area (Å²) in [6.45, 7) is 0. The van der Waals surface area contributed by atoms with Crippen molar-refractivity contribution in [2.75, 3.05) is 7.11 Å². The van der Waals surface area contributed by atoms with Crippen LogP contribution in [0.4, 0.5) is 5.69 Å². The minimum Gasteiger partial charge on any atom is -0.465 e. The molecule has 15 heavy (non-hydrogen) atoms. The Morgan fingerprint density at radius 1 is 1.60 bits per heavy atom. The Kier molecular flexibility index (Phi) is 4.26. The number of hydrogen-bond acceptors (Lipinski definition) is 4. The molecule has 0 aliphatic rings. The fourth-order valence-electron chi connectivity index (χ4n) is 0.992. The molecule has 1 rings (SSSR count). The predicted octanol–water partition coefficient (Wildman–Crippen LogP) is 2.70. The second-order valence-corrected chi connectivity index (χ2v) is 4.02. The van der Waals surface area contributed by atoms with E-state index < -0.39 is 5.97 Å². The number of aliphatic imine (C=N–C) groups is 1. The Balaban J connectivity index is 3.51. The lowest BCUT2D eigenvalue weighted by Crippen LogP contribution is -2.03. The Morgan fingerprint density at radius 2 is 2.27 bits per heavy atom. The van der Waals surface area contributed by atoms with Gasteiger partial charge >= 0.3 is 5.97 Å². The first-order valence-corrected chi connectivity index (χ1v) is 5.21. The summed E-state index contributed by atoms with van der Waals surface area (Å²) in [5.41, 5.74) is 0.263. The van der Waals surface area contributed by atoms with E-state index in [1.54, 1.807) is 12.1 Å². The molecule has 0 amide bonds. The van der Waals surface area contributed by atoms with Gasteiger partial charge in [0.15, 0.2) is 0 Å². The molecule has 0 unspecified atom stereocenters. The highest BCUT2D eigenvalue weighted by Crippen LogP contribution is 2.32. The van der Waals surface area contributed by atoms with Gasteiger partial charge in [0.1, 0.15) is 11.3 Å². The van der Waals surface area contributed by atoms with E-state index in [1.807, 2.05) is 22.6 Å². The highest BCUT2D eigenvalue weighted by atomic mass is 127. The van der Waals surface area contributed by atoms with Crippen molar-refractivity contribution in [2.24, 2.45) is 4.99 Å². The predicted molar refractivity (Wildman–Crippen MR) is 63.3 cm³/mol. The van der Waals surface area contributed by atoms with Gasteiger partial charge in [-0.1, -0.05) is 11.6 Å². The van der Waals surface area contributed by atoms with Gasteiger partial charge in [0.05, 0.1) is 12.1 Å². The maximum atomic E-state index is 11.4. The summed E-state index contributed by atoms with van der Waals surface area (Å²) in [7, 11) is 1.23. The molecule has 1 aromatic rings. The van der Waals surface area contributed by atoms with Crippen molar-refractivity contribution in [1.29, 1.82) is 0 Å². The molecule has 0 spiro atoms. The first-order valence-electron chi connectivity index (χ1n) is 3.76. The zero-order chi connectivity index (χ0) is 11.4. The third kappa shape index (κ3) is 2.56. The molecule has 0 bridgehead atoms. The number of ether oxygens (including phenoxy) is 1. The Labute approximate surface area is 104 Å². The average Bonchev–Trinajstić information content (AvgIpc) is 2.23. The number of carbonyl (C=O) groups excluding carboxylic acids is 2. The maximum Gasteiger partial charge on any atom is 0.341 e. The zero-order valence-electron chi connectivity index (χ0n) is 7.58. The van der Waals surface area contributed by atoms with Crippen LogP contribution in [0.5, 0.6) is 0 Å². The molecule has 4 nitrogen and oxygen atoms in total. The van der Waals surface area contributed by atoms with Gasteiger partial charge in [-0.15, -0.1) is 0 Å². The van der Waals surface area contributed by atoms with Crippen LogP contribution in [0.2, 0.25) is 5.02 Å². The highest BCUT2D eigenvalue weighted by Gasteiger charge is 2.18. The molecule has 0 heterocycles. The molecule has 0 aliphatic carbocycles. The topological polar surface area (TPSA) is 55.7 Å². The van der Waals surface area contributed by atoms with Gasteiger partial charge in [0, 0.05) is 3.57 Å². The van der Waals surface area contributed by atoms with Crippen molar-refractivity contribution < 1.29 is 14.3 Å². The number of nitrogens with zero attached hydrogens (tertiary/aromatic N) is 1. The number of isocyanates is 1. The van der Waals surface area contributed by atoms with E-state index in [2.05, 4.69) is 9.73 Å². The molecule has 6 heteroatoms. The van der Waals surface area contributed by atoms with Crippen LogP contribution in [0.1, 0.15) is 10.4 Å². The van der Waals surface area contributed by atoms with Crippen molar-refractivity contribution in [3.05, 3.63) is 26.3 Å². The summed E-state index contributed by atoms with van der Waals surface area (Å²) in [5.74, 6) is -0.632. The molecule has 1 aromatic carbocycles. The van der Waals surface area contributed by atoms with Crippen molar-refractivity contribution in [3.8, 4) is 0 Å². The van der Waals surface area contributed by atoms with Gasteiger partial charge in [0.25, 0.3) is 0 Å². The van der Waals surface area contributed by atoms with Crippen LogP contribution >= 0.6 is 34.2 Å². The fraction of sp³-hybridized carbons (Fsp3) is 0.111. The SMILES string of the molecule is COC(=O)c1c(Cl)ccc(I)c1N=C=O. The van der Waals surface area contributed by atoms with Crippen molar-refractivity contribution in [3.63, 3.8) is 0 Å². The molecule has 0 saturated heterocycles. The van der Waals surface area contributed by atoms with Gasteiger partial charge in [-0.25, -0.2) is 9.59 Å². The molecular formula is C9H5ClINO3. The summed E-state index contributed by atoms with van der Waals surface area (Å²) in [5, 5.41) is 0.191. The summed E-state index contributed by atoms with van der Waals surface area (Å²) < 4.78 is 5.17. The number of benzene rings is 1. The van der Waals surface area contributed by atoms with Crippen LogP contribution in [0.25, 0.3) is 0 Å². The monoisotopic (exact) mass is 337 g/mol. The average molecular weight is 338 g/mol. The second-order valence-electron chi connectivity index (χ2n) is 2.45. The molecular weight excluding hydrogens is 332 g/mol. The van der Waals surface area contributed by atoms with Crippen LogP contribution in [0.3, 0.4) is 0 Å². The smallest absolute Gasteiger partial charge is 0.341 e. The third-order valence-electron chi connectivity index (χ3n) is 1.62. The van der Waals surface area contributed by atoms with E-state index in [-0.39, 0.29) is 16.3 Å². The van der Waals surface area contributed by atoms with Crippen molar-refractivity contribution in [1.82, 2.24) is 0 Å². The third-order valence-corrected chi connectivity index (χ3v) is 2.81. The van der Waals surface area contributed by atoms with Crippen molar-refractivity contribution >= 4 is 51.9 Å². The number of halogens is 2. The van der Waals surface area contributed by atoms with Crippen molar-refractivity contribution in [2.45, 2.75) is 0 Å². The molecule has 0 saturated carbocycles. The number of carbonyl (C=O) groups is 1. The van der Waals surface area contributed by atoms with Gasteiger partial charge in [0.2, 0.25) is 6.08 Å². The lowest BCUT2D eigenvalue weighted by atomic mass is 10.2. The molecule has 0 aromatic heterocycles. The summed E-state index contributed by atoms with van der Waals surface area (Å²) >= 11 is 7.75. The van der Waals surface area contributed by atoms with E-state index >= 15 is 0 Å². The maximum absolute atomic E-state index is 11.4. The van der Waals surface area contributed by atoms with Crippen LogP contribution in [-0.4, -0.2) is 19.2 Å². The number of methoxy groups -OCH3 is 1. The largest absolute Gasteiger partial charge is 0.465 e. The Hall–Kier alpha value is -0.910. The number of hydrogen-bond donors (Lipinski definition) is 0. The molecule has 78 valence electrons. The lowest BCUT2D eigenvalue weighted by Gasteiger charge is -2.06. The highest BCUT2D eigenvalue weighted by molar-refractivity contribution is 14.1. The Morgan fingerprint density at radius 3 is 2.80 bits per heavy atom. The van der Waals surface area contributed by atoms with Crippen LogP contribution in [0.15, 0.2) is 17.1 Å². The van der Waals surface area contributed by atoms with Gasteiger partial charge in [-0.05, 0) is 34.7 Å². The van der Waals surface area contributed by atoms with Crippen LogP contribution in [0, 0.1) is 3.57 Å². The zero-order valence-corrected chi connectivity index (χ0v) is 10.5. The minimum absolute atomic E-state index is 0.0782. The number of esters is 1. The van der Waals surface area contributed by atoms with Gasteiger partial charge in [-0.3, -0.25) is 0 Å². The van der Waals surface area contributed by atoms with Crippen LogP contribution in [-0.2, 0) is 9.53 Å². The van der Waals surface area contributed by atoms with Crippen LogP contribution < -0.4 is 0 Å². The molecule has 0 atom stereocenters. The first kappa shape index (κ1) is 12.2. The second kappa shape index (κ2) is 5.25. The lowest BCUT2D eigenvalue weighted by molar-refractivity contribution is 0.0602. The Bertz CT molecular complexity index is 455. The standard InChI is InChI=1S/C9H5ClINO3/c1-15-9(14)7-5(10)2-3-6(11)8(7)12-4-13/h2-3H,1H3. The minimum atomic E-state index is -0.632. The van der Waals surface area contributed by atoms with E-state index in [0.717, 1.165) is 0 Å². The summed E-state index contributed by atoms with van der Waals surface area (Å²) in [4.78, 5) is 25.0. The molecule has 0 fully saturated rings.